The van der Waals surface area contributed by atoms with Gasteiger partial charge in [-0.3, -0.25) is 4.79 Å². The monoisotopic (exact) mass is 199 g/mol. The van der Waals surface area contributed by atoms with Gasteiger partial charge in [0.15, 0.2) is 0 Å². The van der Waals surface area contributed by atoms with Crippen molar-refractivity contribution in [3.05, 3.63) is 0 Å². The van der Waals surface area contributed by atoms with E-state index in [1.807, 2.05) is 14.1 Å². The summed E-state index contributed by atoms with van der Waals surface area (Å²) in [5.74, 6) is -0.686. The molecular weight excluding hydrogens is 178 g/mol. The third kappa shape index (κ3) is 1.65. The summed E-state index contributed by atoms with van der Waals surface area (Å²) >= 11 is 0. The fourth-order valence-electron chi connectivity index (χ4n) is 2.96. The Bertz CT molecular complexity index is 235. The molecule has 1 aliphatic rings. The molecule has 0 bridgehead atoms. The molecule has 0 amide bonds. The van der Waals surface area contributed by atoms with Gasteiger partial charge in [0.05, 0.1) is 6.42 Å². The van der Waals surface area contributed by atoms with Gasteiger partial charge in [-0.15, -0.1) is 0 Å². The lowest BCUT2D eigenvalue weighted by atomic mass is 9.72. The molecule has 0 saturated heterocycles. The Kier molecular flexibility index (Phi) is 2.91. The molecule has 1 fully saturated rings. The quantitative estimate of drug-likeness (QED) is 0.755. The summed E-state index contributed by atoms with van der Waals surface area (Å²) < 4.78 is 0. The lowest BCUT2D eigenvalue weighted by Crippen LogP contribution is -2.53. The standard InChI is InChI=1S/C11H21NO2/c1-10(2)6-5-7-11(10,12(3)4)8-9(13)14/h5-8H2,1-4H3,(H,13,14). The van der Waals surface area contributed by atoms with E-state index in [4.69, 9.17) is 5.11 Å². The summed E-state index contributed by atoms with van der Waals surface area (Å²) in [4.78, 5) is 13.0. The largest absolute Gasteiger partial charge is 0.481 e. The molecule has 0 radical (unpaired) electrons. The van der Waals surface area contributed by atoms with Gasteiger partial charge in [0.2, 0.25) is 0 Å². The van der Waals surface area contributed by atoms with E-state index in [2.05, 4.69) is 18.7 Å². The highest BCUT2D eigenvalue weighted by Gasteiger charge is 2.51. The lowest BCUT2D eigenvalue weighted by molar-refractivity contribution is -0.142. The van der Waals surface area contributed by atoms with Crippen molar-refractivity contribution in [1.82, 2.24) is 4.90 Å². The zero-order valence-corrected chi connectivity index (χ0v) is 9.63. The number of hydrogen-bond acceptors (Lipinski definition) is 2. The third-order valence-electron chi connectivity index (χ3n) is 3.95. The van der Waals surface area contributed by atoms with Crippen LogP contribution in [0.25, 0.3) is 0 Å². The van der Waals surface area contributed by atoms with Gasteiger partial charge < -0.3 is 10.0 Å². The fraction of sp³-hybridized carbons (Fsp3) is 0.909. The van der Waals surface area contributed by atoms with E-state index >= 15 is 0 Å². The van der Waals surface area contributed by atoms with E-state index in [0.29, 0.717) is 0 Å². The minimum atomic E-state index is -0.686. The topological polar surface area (TPSA) is 40.5 Å². The van der Waals surface area contributed by atoms with Gasteiger partial charge in [0.25, 0.3) is 0 Å². The fourth-order valence-corrected chi connectivity index (χ4v) is 2.96. The van der Waals surface area contributed by atoms with E-state index < -0.39 is 5.97 Å². The van der Waals surface area contributed by atoms with Gasteiger partial charge in [-0.2, -0.15) is 0 Å². The molecule has 14 heavy (non-hydrogen) atoms. The number of aliphatic carboxylic acids is 1. The van der Waals surface area contributed by atoms with Crippen LogP contribution in [0.4, 0.5) is 0 Å². The molecule has 1 rings (SSSR count). The average molecular weight is 199 g/mol. The molecule has 3 heteroatoms. The predicted molar refractivity (Wildman–Crippen MR) is 56.3 cm³/mol. The molecule has 1 aliphatic carbocycles. The average Bonchev–Trinajstić information content (AvgIpc) is 2.26. The molecule has 0 heterocycles. The van der Waals surface area contributed by atoms with Crippen LogP contribution in [0.15, 0.2) is 0 Å². The molecule has 82 valence electrons. The maximum Gasteiger partial charge on any atom is 0.305 e. The Morgan fingerprint density at radius 3 is 2.21 bits per heavy atom. The van der Waals surface area contributed by atoms with E-state index in [9.17, 15) is 4.79 Å². The van der Waals surface area contributed by atoms with Gasteiger partial charge in [-0.1, -0.05) is 20.3 Å². The van der Waals surface area contributed by atoms with Crippen LogP contribution in [0.2, 0.25) is 0 Å². The van der Waals surface area contributed by atoms with Crippen LogP contribution in [0.3, 0.4) is 0 Å². The lowest BCUT2D eigenvalue weighted by Gasteiger charge is -2.46. The van der Waals surface area contributed by atoms with Gasteiger partial charge >= 0.3 is 5.97 Å². The molecule has 1 unspecified atom stereocenters. The molecule has 0 aromatic rings. The Hall–Kier alpha value is -0.570. The maximum absolute atomic E-state index is 10.9. The van der Waals surface area contributed by atoms with Crippen LogP contribution in [-0.4, -0.2) is 35.6 Å². The van der Waals surface area contributed by atoms with Gasteiger partial charge in [-0.25, -0.2) is 0 Å². The first kappa shape index (κ1) is 11.5. The van der Waals surface area contributed by atoms with Crippen LogP contribution in [0, 0.1) is 5.41 Å². The molecule has 0 spiro atoms. The molecular formula is C11H21NO2. The predicted octanol–water partition coefficient (Wildman–Crippen LogP) is 1.97. The van der Waals surface area contributed by atoms with Crippen LogP contribution in [0.1, 0.15) is 39.5 Å². The SMILES string of the molecule is CN(C)C1(CC(=O)O)CCCC1(C)C. The molecule has 1 saturated carbocycles. The van der Waals surface area contributed by atoms with Crippen LogP contribution < -0.4 is 0 Å². The number of hydrogen-bond donors (Lipinski definition) is 1. The second kappa shape index (κ2) is 3.54. The second-order valence-corrected chi connectivity index (χ2v) is 5.23. The summed E-state index contributed by atoms with van der Waals surface area (Å²) in [7, 11) is 3.99. The van der Waals surface area contributed by atoms with Crippen molar-refractivity contribution in [3.8, 4) is 0 Å². The van der Waals surface area contributed by atoms with Crippen molar-refractivity contribution in [1.29, 1.82) is 0 Å². The number of carboxylic acid groups (broad SMARTS) is 1. The second-order valence-electron chi connectivity index (χ2n) is 5.23. The molecule has 1 atom stereocenters. The van der Waals surface area contributed by atoms with Crippen molar-refractivity contribution in [3.63, 3.8) is 0 Å². The van der Waals surface area contributed by atoms with Crippen LogP contribution in [-0.2, 0) is 4.79 Å². The van der Waals surface area contributed by atoms with Crippen molar-refractivity contribution in [2.45, 2.75) is 45.1 Å². The Morgan fingerprint density at radius 2 is 1.93 bits per heavy atom. The van der Waals surface area contributed by atoms with E-state index in [-0.39, 0.29) is 17.4 Å². The highest BCUT2D eigenvalue weighted by molar-refractivity contribution is 5.68. The summed E-state index contributed by atoms with van der Waals surface area (Å²) in [6.07, 6.45) is 3.52. The summed E-state index contributed by atoms with van der Waals surface area (Å²) in [5, 5.41) is 8.99. The van der Waals surface area contributed by atoms with Gasteiger partial charge in [-0.05, 0) is 32.4 Å². The minimum absolute atomic E-state index is 0.106. The van der Waals surface area contributed by atoms with E-state index in [1.165, 1.54) is 0 Å². The number of rotatable bonds is 3. The van der Waals surface area contributed by atoms with Crippen LogP contribution in [0.5, 0.6) is 0 Å². The van der Waals surface area contributed by atoms with Crippen molar-refractivity contribution < 1.29 is 9.90 Å². The molecule has 0 aromatic carbocycles. The highest BCUT2D eigenvalue weighted by atomic mass is 16.4. The Labute approximate surface area is 86.1 Å². The van der Waals surface area contributed by atoms with Crippen molar-refractivity contribution in [2.24, 2.45) is 5.41 Å². The summed E-state index contributed by atoms with van der Waals surface area (Å²) in [6, 6.07) is 0. The molecule has 1 N–H and O–H groups in total. The Balaban J connectivity index is 2.97. The summed E-state index contributed by atoms with van der Waals surface area (Å²) in [5.41, 5.74) is -0.0479. The third-order valence-corrected chi connectivity index (χ3v) is 3.95. The zero-order chi connectivity index (χ0) is 11.0. The first-order valence-electron chi connectivity index (χ1n) is 5.21. The van der Waals surface area contributed by atoms with Gasteiger partial charge in [0, 0.05) is 5.54 Å². The molecule has 0 aliphatic heterocycles. The zero-order valence-electron chi connectivity index (χ0n) is 9.63. The first-order valence-corrected chi connectivity index (χ1v) is 5.21. The van der Waals surface area contributed by atoms with Crippen LogP contribution >= 0.6 is 0 Å². The van der Waals surface area contributed by atoms with E-state index in [1.54, 1.807) is 0 Å². The number of nitrogens with zero attached hydrogens (tertiary/aromatic N) is 1. The smallest absolute Gasteiger partial charge is 0.305 e. The first-order chi connectivity index (χ1) is 6.32. The minimum Gasteiger partial charge on any atom is -0.481 e. The van der Waals surface area contributed by atoms with E-state index in [0.717, 1.165) is 19.3 Å². The van der Waals surface area contributed by atoms with Crippen molar-refractivity contribution >= 4 is 5.97 Å². The Morgan fingerprint density at radius 1 is 1.36 bits per heavy atom. The molecule has 0 aromatic heterocycles. The normalized spacial score (nSPS) is 30.9. The summed E-state index contributed by atoms with van der Waals surface area (Å²) in [6.45, 7) is 4.37. The van der Waals surface area contributed by atoms with Crippen molar-refractivity contribution in [2.75, 3.05) is 14.1 Å². The maximum atomic E-state index is 10.9. The molecule has 3 nitrogen and oxygen atoms in total. The highest BCUT2D eigenvalue weighted by Crippen LogP contribution is 2.50. The number of carbonyl (C=O) groups is 1. The van der Waals surface area contributed by atoms with Gasteiger partial charge in [0.1, 0.15) is 0 Å². The number of carboxylic acids is 1.